The van der Waals surface area contributed by atoms with Crippen molar-refractivity contribution in [2.24, 2.45) is 5.73 Å². The van der Waals surface area contributed by atoms with Crippen LogP contribution in [-0.4, -0.2) is 16.8 Å². The number of hydrogen-bond donors (Lipinski definition) is 3. The molecule has 66 valence electrons. The molecular weight excluding hydrogens is 178 g/mol. The smallest absolute Gasteiger partial charge is 0.120 e. The Bertz CT molecular complexity index is 278. The van der Waals surface area contributed by atoms with E-state index in [1.165, 1.54) is 12.1 Å². The van der Waals surface area contributed by atoms with E-state index in [1.807, 2.05) is 0 Å². The van der Waals surface area contributed by atoms with Crippen LogP contribution in [0.5, 0.6) is 5.75 Å². The molecular formula is C8H10ClNO2. The number of nitrogens with two attached hydrogens (primary N) is 1. The highest BCUT2D eigenvalue weighted by Gasteiger charge is 2.09. The molecule has 0 bridgehead atoms. The maximum absolute atomic E-state index is 9.29. The summed E-state index contributed by atoms with van der Waals surface area (Å²) < 4.78 is 0. The summed E-state index contributed by atoms with van der Waals surface area (Å²) >= 11 is 5.67. The van der Waals surface area contributed by atoms with E-state index in [-0.39, 0.29) is 12.4 Å². The fourth-order valence-corrected chi connectivity index (χ4v) is 1.10. The van der Waals surface area contributed by atoms with Crippen molar-refractivity contribution in [3.63, 3.8) is 0 Å². The van der Waals surface area contributed by atoms with E-state index in [1.54, 1.807) is 6.07 Å². The summed E-state index contributed by atoms with van der Waals surface area (Å²) in [5, 5.41) is 18.5. The molecule has 0 fully saturated rings. The summed E-state index contributed by atoms with van der Waals surface area (Å²) in [7, 11) is 0. The SMILES string of the molecule is N[C@H](CO)c1cc(Cl)ccc1O. The molecule has 0 aliphatic heterocycles. The van der Waals surface area contributed by atoms with Crippen LogP contribution in [0, 0.1) is 0 Å². The predicted octanol–water partition coefficient (Wildman–Crippen LogP) is 1.04. The minimum absolute atomic E-state index is 0.0564. The van der Waals surface area contributed by atoms with Crippen LogP contribution >= 0.6 is 11.6 Å². The van der Waals surface area contributed by atoms with Gasteiger partial charge in [0.25, 0.3) is 0 Å². The van der Waals surface area contributed by atoms with Gasteiger partial charge in [0.05, 0.1) is 12.6 Å². The molecule has 1 atom stereocenters. The van der Waals surface area contributed by atoms with Crippen LogP contribution in [0.4, 0.5) is 0 Å². The van der Waals surface area contributed by atoms with E-state index >= 15 is 0 Å². The molecule has 1 aromatic rings. The zero-order valence-corrected chi connectivity index (χ0v) is 7.12. The first-order valence-corrected chi connectivity index (χ1v) is 3.88. The Hall–Kier alpha value is -0.770. The van der Waals surface area contributed by atoms with Crippen LogP contribution in [-0.2, 0) is 0 Å². The number of aromatic hydroxyl groups is 1. The zero-order chi connectivity index (χ0) is 9.14. The molecule has 0 aromatic heterocycles. The average Bonchev–Trinajstić information content (AvgIpc) is 2.08. The minimum atomic E-state index is -0.580. The Morgan fingerprint density at radius 2 is 2.17 bits per heavy atom. The van der Waals surface area contributed by atoms with E-state index in [0.717, 1.165) is 0 Å². The third kappa shape index (κ3) is 1.88. The quantitative estimate of drug-likeness (QED) is 0.648. The lowest BCUT2D eigenvalue weighted by Gasteiger charge is -2.10. The number of phenols is 1. The highest BCUT2D eigenvalue weighted by molar-refractivity contribution is 6.30. The van der Waals surface area contributed by atoms with Crippen molar-refractivity contribution in [2.45, 2.75) is 6.04 Å². The van der Waals surface area contributed by atoms with Gasteiger partial charge in [0.15, 0.2) is 0 Å². The molecule has 0 amide bonds. The molecule has 4 N–H and O–H groups in total. The van der Waals surface area contributed by atoms with Crippen LogP contribution in [0.25, 0.3) is 0 Å². The maximum atomic E-state index is 9.29. The molecule has 12 heavy (non-hydrogen) atoms. The Morgan fingerprint density at radius 3 is 2.75 bits per heavy atom. The normalized spacial score (nSPS) is 12.9. The molecule has 0 unspecified atom stereocenters. The molecule has 0 aliphatic rings. The topological polar surface area (TPSA) is 66.5 Å². The van der Waals surface area contributed by atoms with Crippen molar-refractivity contribution >= 4 is 11.6 Å². The fourth-order valence-electron chi connectivity index (χ4n) is 0.921. The van der Waals surface area contributed by atoms with Gasteiger partial charge in [-0.2, -0.15) is 0 Å². The largest absolute Gasteiger partial charge is 0.508 e. The second kappa shape index (κ2) is 3.76. The van der Waals surface area contributed by atoms with Gasteiger partial charge in [-0.25, -0.2) is 0 Å². The first-order chi connectivity index (χ1) is 5.65. The van der Waals surface area contributed by atoms with Crippen LogP contribution in [0.15, 0.2) is 18.2 Å². The molecule has 1 rings (SSSR count). The summed E-state index contributed by atoms with van der Waals surface area (Å²) in [5.74, 6) is 0.0564. The van der Waals surface area contributed by atoms with Gasteiger partial charge in [-0.15, -0.1) is 0 Å². The Balaban J connectivity index is 3.04. The zero-order valence-electron chi connectivity index (χ0n) is 6.37. The number of aliphatic hydroxyl groups excluding tert-OH is 1. The van der Waals surface area contributed by atoms with E-state index in [2.05, 4.69) is 0 Å². The average molecular weight is 188 g/mol. The monoisotopic (exact) mass is 187 g/mol. The fraction of sp³-hybridized carbons (Fsp3) is 0.250. The Morgan fingerprint density at radius 1 is 1.50 bits per heavy atom. The lowest BCUT2D eigenvalue weighted by atomic mass is 10.1. The van der Waals surface area contributed by atoms with Crippen molar-refractivity contribution in [3.8, 4) is 5.75 Å². The molecule has 0 saturated heterocycles. The molecule has 0 spiro atoms. The first-order valence-electron chi connectivity index (χ1n) is 3.50. The van der Waals surface area contributed by atoms with Gasteiger partial charge in [-0.3, -0.25) is 0 Å². The number of rotatable bonds is 2. The lowest BCUT2D eigenvalue weighted by Crippen LogP contribution is -2.14. The van der Waals surface area contributed by atoms with Gasteiger partial charge in [0.1, 0.15) is 5.75 Å². The van der Waals surface area contributed by atoms with Crippen LogP contribution < -0.4 is 5.73 Å². The number of halogens is 1. The Kier molecular flexibility index (Phi) is 2.92. The van der Waals surface area contributed by atoms with Crippen LogP contribution in [0.1, 0.15) is 11.6 Å². The molecule has 1 aromatic carbocycles. The van der Waals surface area contributed by atoms with Crippen LogP contribution in [0.3, 0.4) is 0 Å². The molecule has 0 aliphatic carbocycles. The molecule has 0 saturated carbocycles. The third-order valence-electron chi connectivity index (χ3n) is 1.59. The van der Waals surface area contributed by atoms with E-state index in [9.17, 15) is 5.11 Å². The number of aliphatic hydroxyl groups is 1. The summed E-state index contributed by atoms with van der Waals surface area (Å²) in [6.07, 6.45) is 0. The van der Waals surface area contributed by atoms with Gasteiger partial charge >= 0.3 is 0 Å². The third-order valence-corrected chi connectivity index (χ3v) is 1.82. The van der Waals surface area contributed by atoms with Gasteiger partial charge in [-0.1, -0.05) is 11.6 Å². The van der Waals surface area contributed by atoms with Gasteiger partial charge in [-0.05, 0) is 18.2 Å². The van der Waals surface area contributed by atoms with E-state index in [4.69, 9.17) is 22.4 Å². The number of hydrogen-bond acceptors (Lipinski definition) is 3. The number of benzene rings is 1. The maximum Gasteiger partial charge on any atom is 0.120 e. The second-order valence-electron chi connectivity index (χ2n) is 2.49. The van der Waals surface area contributed by atoms with Gasteiger partial charge < -0.3 is 15.9 Å². The molecule has 0 heterocycles. The van der Waals surface area contributed by atoms with Crippen molar-refractivity contribution in [1.82, 2.24) is 0 Å². The lowest BCUT2D eigenvalue weighted by molar-refractivity contribution is 0.265. The highest BCUT2D eigenvalue weighted by Crippen LogP contribution is 2.25. The van der Waals surface area contributed by atoms with Crippen LogP contribution in [0.2, 0.25) is 5.02 Å². The van der Waals surface area contributed by atoms with E-state index < -0.39 is 6.04 Å². The standard InChI is InChI=1S/C8H10ClNO2/c9-5-1-2-8(12)6(3-5)7(10)4-11/h1-3,7,11-12H,4,10H2/t7-/m1/s1. The van der Waals surface area contributed by atoms with Gasteiger partial charge in [0, 0.05) is 10.6 Å². The second-order valence-corrected chi connectivity index (χ2v) is 2.93. The molecule has 4 heteroatoms. The minimum Gasteiger partial charge on any atom is -0.508 e. The first kappa shape index (κ1) is 9.32. The van der Waals surface area contributed by atoms with Crippen molar-refractivity contribution in [3.05, 3.63) is 28.8 Å². The predicted molar refractivity (Wildman–Crippen MR) is 47.1 cm³/mol. The Labute approximate surface area is 75.4 Å². The van der Waals surface area contributed by atoms with E-state index in [0.29, 0.717) is 10.6 Å². The highest BCUT2D eigenvalue weighted by atomic mass is 35.5. The summed E-state index contributed by atoms with van der Waals surface area (Å²) in [5.41, 5.74) is 5.96. The summed E-state index contributed by atoms with van der Waals surface area (Å²) in [6.45, 7) is -0.214. The summed E-state index contributed by atoms with van der Waals surface area (Å²) in [4.78, 5) is 0. The van der Waals surface area contributed by atoms with Gasteiger partial charge in [0.2, 0.25) is 0 Å². The van der Waals surface area contributed by atoms with Crippen molar-refractivity contribution in [2.75, 3.05) is 6.61 Å². The van der Waals surface area contributed by atoms with Crippen molar-refractivity contribution < 1.29 is 10.2 Å². The number of phenolic OH excluding ortho intramolecular Hbond substituents is 1. The van der Waals surface area contributed by atoms with Crippen molar-refractivity contribution in [1.29, 1.82) is 0 Å². The molecule has 0 radical (unpaired) electrons. The molecule has 3 nitrogen and oxygen atoms in total. The summed E-state index contributed by atoms with van der Waals surface area (Å²) in [6, 6.07) is 3.97.